The van der Waals surface area contributed by atoms with Gasteiger partial charge in [-0.1, -0.05) is 6.07 Å². The third kappa shape index (κ3) is 5.49. The number of amides is 1. The maximum atomic E-state index is 12.0. The summed E-state index contributed by atoms with van der Waals surface area (Å²) in [6, 6.07) is 3.00. The van der Waals surface area contributed by atoms with Gasteiger partial charge in [0.05, 0.1) is 0 Å². The SMILES string of the molecule is O=C(CCNS(=O)(=O)c1cccs1)NCC(O)C(F)F. The zero-order valence-electron chi connectivity index (χ0n) is 10.3. The molecule has 0 aliphatic rings. The number of halogens is 2. The number of carbonyl (C=O) groups excluding carboxylic acids is 1. The highest BCUT2D eigenvalue weighted by Crippen LogP contribution is 2.14. The normalized spacial score (nSPS) is 13.4. The van der Waals surface area contributed by atoms with Crippen LogP contribution in [0.4, 0.5) is 8.78 Å². The van der Waals surface area contributed by atoms with Crippen LogP contribution in [0.5, 0.6) is 0 Å². The number of hydrogen-bond donors (Lipinski definition) is 3. The van der Waals surface area contributed by atoms with Crippen LogP contribution in [0.1, 0.15) is 6.42 Å². The molecule has 20 heavy (non-hydrogen) atoms. The second-order valence-corrected chi connectivity index (χ2v) is 6.73. The maximum absolute atomic E-state index is 12.0. The molecular weight excluding hydrogens is 314 g/mol. The first-order chi connectivity index (χ1) is 9.33. The molecule has 1 rings (SSSR count). The van der Waals surface area contributed by atoms with Crippen LogP contribution in [0.2, 0.25) is 0 Å². The first-order valence-corrected chi connectivity index (χ1v) is 7.95. The lowest BCUT2D eigenvalue weighted by atomic mass is 10.3. The Morgan fingerprint density at radius 2 is 2.15 bits per heavy atom. The van der Waals surface area contributed by atoms with E-state index < -0.39 is 35.0 Å². The molecule has 0 saturated heterocycles. The van der Waals surface area contributed by atoms with Crippen molar-refractivity contribution in [2.75, 3.05) is 13.1 Å². The lowest BCUT2D eigenvalue weighted by Crippen LogP contribution is -2.37. The first kappa shape index (κ1) is 17.0. The first-order valence-electron chi connectivity index (χ1n) is 5.59. The summed E-state index contributed by atoms with van der Waals surface area (Å²) >= 11 is 1.04. The van der Waals surface area contributed by atoms with Gasteiger partial charge in [-0.2, -0.15) is 0 Å². The Balaban J connectivity index is 2.29. The van der Waals surface area contributed by atoms with Crippen molar-refractivity contribution in [3.8, 4) is 0 Å². The Morgan fingerprint density at radius 1 is 1.45 bits per heavy atom. The van der Waals surface area contributed by atoms with Crippen molar-refractivity contribution in [1.29, 1.82) is 0 Å². The van der Waals surface area contributed by atoms with Crippen LogP contribution in [0.25, 0.3) is 0 Å². The van der Waals surface area contributed by atoms with Crippen molar-refractivity contribution in [1.82, 2.24) is 10.0 Å². The Morgan fingerprint density at radius 3 is 2.70 bits per heavy atom. The van der Waals surface area contributed by atoms with Gasteiger partial charge < -0.3 is 10.4 Å². The third-order valence-electron chi connectivity index (χ3n) is 2.20. The predicted octanol–water partition coefficient (Wildman–Crippen LogP) is 0.159. The van der Waals surface area contributed by atoms with Crippen LogP contribution in [-0.4, -0.2) is 45.1 Å². The predicted molar refractivity (Wildman–Crippen MR) is 69.1 cm³/mol. The summed E-state index contributed by atoms with van der Waals surface area (Å²) in [7, 11) is -3.64. The third-order valence-corrected chi connectivity index (χ3v) is 5.06. The van der Waals surface area contributed by atoms with E-state index in [1.165, 1.54) is 6.07 Å². The van der Waals surface area contributed by atoms with E-state index in [0.717, 1.165) is 11.3 Å². The molecule has 0 fully saturated rings. The molecular formula is C10H14F2N2O4S2. The number of aliphatic hydroxyl groups excluding tert-OH is 1. The zero-order chi connectivity index (χ0) is 15.2. The molecule has 1 atom stereocenters. The standard InChI is InChI=1S/C10H14F2N2O4S2/c11-10(12)7(15)6-13-8(16)3-4-14-20(17,18)9-2-1-5-19-9/h1-2,5,7,10,14-15H,3-4,6H2,(H,13,16). The van der Waals surface area contributed by atoms with E-state index in [1.807, 2.05) is 0 Å². The van der Waals surface area contributed by atoms with Crippen LogP contribution in [0.3, 0.4) is 0 Å². The van der Waals surface area contributed by atoms with E-state index in [4.69, 9.17) is 5.11 Å². The maximum Gasteiger partial charge on any atom is 0.265 e. The van der Waals surface area contributed by atoms with E-state index in [9.17, 15) is 22.0 Å². The molecule has 1 aromatic rings. The number of hydrogen-bond acceptors (Lipinski definition) is 5. The quantitative estimate of drug-likeness (QED) is 0.633. The molecule has 1 heterocycles. The monoisotopic (exact) mass is 328 g/mol. The van der Waals surface area contributed by atoms with E-state index in [0.29, 0.717) is 0 Å². The summed E-state index contributed by atoms with van der Waals surface area (Å²) in [4.78, 5) is 11.2. The molecule has 0 aliphatic heterocycles. The van der Waals surface area contributed by atoms with Crippen LogP contribution < -0.4 is 10.0 Å². The van der Waals surface area contributed by atoms with E-state index in [1.54, 1.807) is 11.4 Å². The van der Waals surface area contributed by atoms with Crippen LogP contribution in [0.15, 0.2) is 21.7 Å². The molecule has 0 bridgehead atoms. The Kier molecular flexibility index (Phi) is 6.46. The largest absolute Gasteiger partial charge is 0.385 e. The fourth-order valence-corrected chi connectivity index (χ4v) is 3.25. The van der Waals surface area contributed by atoms with E-state index >= 15 is 0 Å². The van der Waals surface area contributed by atoms with Gasteiger partial charge in [-0.25, -0.2) is 21.9 Å². The fraction of sp³-hybridized carbons (Fsp3) is 0.500. The van der Waals surface area contributed by atoms with Gasteiger partial charge in [0, 0.05) is 19.5 Å². The number of alkyl halides is 2. The molecule has 0 aromatic carbocycles. The molecule has 0 aliphatic carbocycles. The molecule has 1 amide bonds. The molecule has 114 valence electrons. The van der Waals surface area contributed by atoms with Gasteiger partial charge in [0.1, 0.15) is 10.3 Å². The number of rotatable bonds is 8. The minimum absolute atomic E-state index is 0.131. The van der Waals surface area contributed by atoms with Crippen LogP contribution in [-0.2, 0) is 14.8 Å². The summed E-state index contributed by atoms with van der Waals surface area (Å²) in [5.74, 6) is -0.626. The van der Waals surface area contributed by atoms with Crippen molar-refractivity contribution < 1.29 is 27.1 Å². The Hall–Kier alpha value is -1.10. The fourth-order valence-electron chi connectivity index (χ4n) is 1.18. The number of nitrogens with one attached hydrogen (secondary N) is 2. The minimum Gasteiger partial charge on any atom is -0.385 e. The lowest BCUT2D eigenvalue weighted by Gasteiger charge is -2.10. The van der Waals surface area contributed by atoms with Gasteiger partial charge in [-0.3, -0.25) is 4.79 Å². The summed E-state index contributed by atoms with van der Waals surface area (Å²) in [6.45, 7) is -0.731. The van der Waals surface area contributed by atoms with Crippen molar-refractivity contribution in [3.63, 3.8) is 0 Å². The van der Waals surface area contributed by atoms with Gasteiger partial charge in [0.15, 0.2) is 0 Å². The van der Waals surface area contributed by atoms with E-state index in [2.05, 4.69) is 10.0 Å². The number of thiophene rings is 1. The van der Waals surface area contributed by atoms with Gasteiger partial charge in [-0.05, 0) is 11.4 Å². The highest BCUT2D eigenvalue weighted by Gasteiger charge is 2.18. The van der Waals surface area contributed by atoms with Crippen molar-refractivity contribution in [3.05, 3.63) is 17.5 Å². The Bertz CT molecular complexity index is 519. The number of sulfonamides is 1. The average molecular weight is 328 g/mol. The van der Waals surface area contributed by atoms with Crippen molar-refractivity contribution in [2.45, 2.75) is 23.2 Å². The average Bonchev–Trinajstić information content (AvgIpc) is 2.90. The van der Waals surface area contributed by atoms with Crippen molar-refractivity contribution in [2.24, 2.45) is 0 Å². The van der Waals surface area contributed by atoms with Gasteiger partial charge in [-0.15, -0.1) is 11.3 Å². The molecule has 0 radical (unpaired) electrons. The highest BCUT2D eigenvalue weighted by atomic mass is 32.2. The minimum atomic E-state index is -3.64. The molecule has 1 aromatic heterocycles. The summed E-state index contributed by atoms with van der Waals surface area (Å²) in [5, 5.41) is 12.5. The highest BCUT2D eigenvalue weighted by molar-refractivity contribution is 7.91. The van der Waals surface area contributed by atoms with Crippen molar-refractivity contribution >= 4 is 27.3 Å². The number of carbonyl (C=O) groups is 1. The molecule has 6 nitrogen and oxygen atoms in total. The lowest BCUT2D eigenvalue weighted by molar-refractivity contribution is -0.121. The molecule has 10 heteroatoms. The second-order valence-electron chi connectivity index (χ2n) is 3.79. The topological polar surface area (TPSA) is 95.5 Å². The summed E-state index contributed by atoms with van der Waals surface area (Å²) in [6.07, 6.45) is -5.07. The second kappa shape index (κ2) is 7.62. The summed E-state index contributed by atoms with van der Waals surface area (Å²) in [5.41, 5.74) is 0. The Labute approximate surface area is 118 Å². The van der Waals surface area contributed by atoms with Crippen LogP contribution >= 0.6 is 11.3 Å². The van der Waals surface area contributed by atoms with Gasteiger partial charge >= 0.3 is 0 Å². The smallest absolute Gasteiger partial charge is 0.265 e. The summed E-state index contributed by atoms with van der Waals surface area (Å²) < 4.78 is 49.6. The van der Waals surface area contributed by atoms with Crippen LogP contribution in [0, 0.1) is 0 Å². The molecule has 3 N–H and O–H groups in total. The zero-order valence-corrected chi connectivity index (χ0v) is 11.9. The number of aliphatic hydroxyl groups is 1. The molecule has 1 unspecified atom stereocenters. The molecule has 0 spiro atoms. The van der Waals surface area contributed by atoms with Gasteiger partial charge in [0.2, 0.25) is 15.9 Å². The molecule has 0 saturated carbocycles. The van der Waals surface area contributed by atoms with Gasteiger partial charge in [0.25, 0.3) is 6.43 Å². The van der Waals surface area contributed by atoms with E-state index in [-0.39, 0.29) is 17.2 Å².